The molecule has 1 unspecified atom stereocenters. The lowest BCUT2D eigenvalue weighted by molar-refractivity contribution is -0.117. The summed E-state index contributed by atoms with van der Waals surface area (Å²) in [5, 5.41) is 21.3. The van der Waals surface area contributed by atoms with Crippen LogP contribution in [-0.2, 0) is 4.79 Å². The number of methoxy groups -OCH3 is 1. The molecule has 0 aliphatic rings. The van der Waals surface area contributed by atoms with Crippen LogP contribution in [0.3, 0.4) is 0 Å². The number of carbonyl (C=O) groups excluding carboxylic acids is 1. The number of ether oxygens (including phenoxy) is 1. The van der Waals surface area contributed by atoms with Gasteiger partial charge in [-0.15, -0.1) is 0 Å². The van der Waals surface area contributed by atoms with E-state index in [-0.39, 0.29) is 24.5 Å². The Balaban J connectivity index is 2.91. The van der Waals surface area contributed by atoms with Crippen LogP contribution in [0.25, 0.3) is 0 Å². The fourth-order valence-corrected chi connectivity index (χ4v) is 3.84. The molecule has 0 saturated carbocycles. The zero-order chi connectivity index (χ0) is 22.6. The molecule has 0 bridgehead atoms. The number of aliphatic hydroxyl groups excluding tert-OH is 2. The maximum absolute atomic E-state index is 12.6. The van der Waals surface area contributed by atoms with E-state index in [9.17, 15) is 4.79 Å². The molecule has 0 fully saturated rings. The minimum absolute atomic E-state index is 0.0231. The van der Waals surface area contributed by atoms with Crippen LogP contribution in [0, 0.1) is 11.3 Å². The highest BCUT2D eigenvalue weighted by atomic mass is 16.5. The van der Waals surface area contributed by atoms with Crippen LogP contribution in [0.2, 0.25) is 0 Å². The summed E-state index contributed by atoms with van der Waals surface area (Å²) >= 11 is 0. The second-order valence-electron chi connectivity index (χ2n) is 9.36. The molecule has 0 saturated heterocycles. The van der Waals surface area contributed by atoms with E-state index in [2.05, 4.69) is 37.9 Å². The van der Waals surface area contributed by atoms with Gasteiger partial charge in [-0.05, 0) is 61.6 Å². The fraction of sp³-hybridized carbons (Fsp3) is 0.708. The molecule has 0 heterocycles. The Labute approximate surface area is 182 Å². The first-order chi connectivity index (χ1) is 14.2. The van der Waals surface area contributed by atoms with Crippen LogP contribution in [0.15, 0.2) is 18.2 Å². The van der Waals surface area contributed by atoms with Crippen molar-refractivity contribution in [2.24, 2.45) is 11.3 Å². The molecule has 0 aliphatic heterocycles. The van der Waals surface area contributed by atoms with Crippen molar-refractivity contribution in [1.29, 1.82) is 0 Å². The molecule has 3 N–H and O–H groups in total. The number of unbranched alkanes of at least 4 members (excludes halogenated alkanes) is 2. The smallest absolute Gasteiger partial charge is 0.224 e. The van der Waals surface area contributed by atoms with E-state index in [0.717, 1.165) is 62.3 Å². The van der Waals surface area contributed by atoms with Gasteiger partial charge in [-0.1, -0.05) is 27.7 Å². The highest BCUT2D eigenvalue weighted by Crippen LogP contribution is 2.32. The number of nitrogens with zero attached hydrogens (tertiary/aromatic N) is 1. The van der Waals surface area contributed by atoms with E-state index in [1.807, 2.05) is 18.2 Å². The van der Waals surface area contributed by atoms with Crippen molar-refractivity contribution < 1.29 is 19.7 Å². The normalized spacial score (nSPS) is 12.5. The first kappa shape index (κ1) is 26.2. The summed E-state index contributed by atoms with van der Waals surface area (Å²) < 4.78 is 5.57. The molecule has 172 valence electrons. The number of aliphatic hydroxyl groups is 2. The summed E-state index contributed by atoms with van der Waals surface area (Å²) in [7, 11) is 1.64. The van der Waals surface area contributed by atoms with Crippen molar-refractivity contribution in [2.75, 3.05) is 43.6 Å². The van der Waals surface area contributed by atoms with Gasteiger partial charge in [-0.2, -0.15) is 0 Å². The molecule has 6 heteroatoms. The Kier molecular flexibility index (Phi) is 11.8. The number of rotatable bonds is 14. The lowest BCUT2D eigenvalue weighted by atomic mass is 9.84. The minimum Gasteiger partial charge on any atom is -0.495 e. The molecule has 1 atom stereocenters. The van der Waals surface area contributed by atoms with E-state index >= 15 is 0 Å². The molecule has 0 aliphatic carbocycles. The number of benzene rings is 1. The summed E-state index contributed by atoms with van der Waals surface area (Å²) in [5.41, 5.74) is 1.89. The van der Waals surface area contributed by atoms with Crippen LogP contribution in [0.1, 0.15) is 66.2 Å². The Hall–Kier alpha value is -1.79. The summed E-state index contributed by atoms with van der Waals surface area (Å²) in [4.78, 5) is 14.8. The molecular formula is C24H42N2O4. The second-order valence-corrected chi connectivity index (χ2v) is 9.36. The van der Waals surface area contributed by atoms with Gasteiger partial charge in [0.15, 0.2) is 0 Å². The number of hydrogen-bond donors (Lipinski definition) is 3. The molecule has 0 radical (unpaired) electrons. The number of nitrogens with one attached hydrogen (secondary N) is 1. The van der Waals surface area contributed by atoms with Crippen LogP contribution >= 0.6 is 0 Å². The van der Waals surface area contributed by atoms with Gasteiger partial charge in [0.1, 0.15) is 5.75 Å². The Morgan fingerprint density at radius 1 is 1.10 bits per heavy atom. The number of amides is 1. The van der Waals surface area contributed by atoms with Crippen LogP contribution in [0.4, 0.5) is 11.4 Å². The van der Waals surface area contributed by atoms with Gasteiger partial charge >= 0.3 is 0 Å². The summed E-state index contributed by atoms with van der Waals surface area (Å²) in [5.74, 6) is 1.09. The van der Waals surface area contributed by atoms with Crippen molar-refractivity contribution in [3.63, 3.8) is 0 Å². The molecule has 1 amide bonds. The fourth-order valence-electron chi connectivity index (χ4n) is 3.84. The minimum atomic E-state index is 0.0231. The lowest BCUT2D eigenvalue weighted by Gasteiger charge is -2.27. The Morgan fingerprint density at radius 2 is 1.70 bits per heavy atom. The Morgan fingerprint density at radius 3 is 2.20 bits per heavy atom. The van der Waals surface area contributed by atoms with Gasteiger partial charge in [-0.3, -0.25) is 4.79 Å². The predicted octanol–water partition coefficient (Wildman–Crippen LogP) is 4.45. The topological polar surface area (TPSA) is 82.0 Å². The van der Waals surface area contributed by atoms with Crippen molar-refractivity contribution >= 4 is 17.3 Å². The van der Waals surface area contributed by atoms with Gasteiger partial charge < -0.3 is 25.2 Å². The van der Waals surface area contributed by atoms with Gasteiger partial charge in [0.05, 0.1) is 12.8 Å². The van der Waals surface area contributed by atoms with Crippen LogP contribution in [-0.4, -0.2) is 49.5 Å². The van der Waals surface area contributed by atoms with Crippen molar-refractivity contribution in [1.82, 2.24) is 0 Å². The molecule has 30 heavy (non-hydrogen) atoms. The van der Waals surface area contributed by atoms with Crippen LogP contribution < -0.4 is 15.0 Å². The molecule has 6 nitrogen and oxygen atoms in total. The molecule has 1 aromatic carbocycles. The SMILES string of the molecule is COc1ccc(NC(=O)CC(C)CC(C)(C)C)cc1N(CCCCO)CCCCO. The number of anilines is 2. The van der Waals surface area contributed by atoms with Crippen molar-refractivity contribution in [3.8, 4) is 5.75 Å². The van der Waals surface area contributed by atoms with Crippen molar-refractivity contribution in [2.45, 2.75) is 66.2 Å². The third kappa shape index (κ3) is 10.3. The van der Waals surface area contributed by atoms with E-state index in [0.29, 0.717) is 12.3 Å². The lowest BCUT2D eigenvalue weighted by Crippen LogP contribution is -2.27. The first-order valence-electron chi connectivity index (χ1n) is 11.1. The quantitative estimate of drug-likeness (QED) is 0.386. The zero-order valence-electron chi connectivity index (χ0n) is 19.5. The number of hydrogen-bond acceptors (Lipinski definition) is 5. The Bertz CT molecular complexity index is 618. The molecule has 0 spiro atoms. The van der Waals surface area contributed by atoms with Gasteiger partial charge in [0.25, 0.3) is 0 Å². The van der Waals surface area contributed by atoms with Gasteiger partial charge in [0, 0.05) is 38.4 Å². The standard InChI is InChI=1S/C24H42N2O4/c1-19(18-24(2,3)4)16-23(29)25-20-10-11-22(30-5)21(17-20)26(12-6-8-14-27)13-7-9-15-28/h10-11,17,19,27-28H,6-9,12-16,18H2,1-5H3,(H,25,29). The first-order valence-corrected chi connectivity index (χ1v) is 11.1. The van der Waals surface area contributed by atoms with Gasteiger partial charge in [-0.25, -0.2) is 0 Å². The third-order valence-corrected chi connectivity index (χ3v) is 4.97. The van der Waals surface area contributed by atoms with E-state index < -0.39 is 0 Å². The largest absolute Gasteiger partial charge is 0.495 e. The maximum atomic E-state index is 12.6. The summed E-state index contributed by atoms with van der Waals surface area (Å²) in [6.45, 7) is 10.6. The van der Waals surface area contributed by atoms with Crippen LogP contribution in [0.5, 0.6) is 5.75 Å². The highest BCUT2D eigenvalue weighted by molar-refractivity contribution is 5.91. The van der Waals surface area contributed by atoms with E-state index in [4.69, 9.17) is 14.9 Å². The third-order valence-electron chi connectivity index (χ3n) is 4.97. The van der Waals surface area contributed by atoms with E-state index in [1.165, 1.54) is 0 Å². The monoisotopic (exact) mass is 422 g/mol. The number of carbonyl (C=O) groups is 1. The molecular weight excluding hydrogens is 380 g/mol. The molecule has 1 rings (SSSR count). The summed E-state index contributed by atoms with van der Waals surface area (Å²) in [6.07, 6.45) is 4.69. The molecule has 0 aromatic heterocycles. The zero-order valence-corrected chi connectivity index (χ0v) is 19.5. The van der Waals surface area contributed by atoms with E-state index in [1.54, 1.807) is 7.11 Å². The average molecular weight is 423 g/mol. The average Bonchev–Trinajstić information content (AvgIpc) is 2.65. The second kappa shape index (κ2) is 13.5. The van der Waals surface area contributed by atoms with Crippen molar-refractivity contribution in [3.05, 3.63) is 18.2 Å². The predicted molar refractivity (Wildman–Crippen MR) is 124 cm³/mol. The van der Waals surface area contributed by atoms with Gasteiger partial charge in [0.2, 0.25) is 5.91 Å². The summed E-state index contributed by atoms with van der Waals surface area (Å²) in [6, 6.07) is 5.71. The highest BCUT2D eigenvalue weighted by Gasteiger charge is 2.19. The maximum Gasteiger partial charge on any atom is 0.224 e. The molecule has 1 aromatic rings.